The minimum atomic E-state index is -1.01. The van der Waals surface area contributed by atoms with Gasteiger partial charge in [-0.3, -0.25) is 9.59 Å². The molecule has 1 aromatic rings. The van der Waals surface area contributed by atoms with Gasteiger partial charge in [0.15, 0.2) is 5.78 Å². The molecule has 1 heterocycles. The minimum Gasteiger partial charge on any atom is -0.480 e. The van der Waals surface area contributed by atoms with Crippen molar-refractivity contribution in [3.8, 4) is 0 Å². The first-order chi connectivity index (χ1) is 10.4. The first-order valence-corrected chi connectivity index (χ1v) is 8.85. The van der Waals surface area contributed by atoms with E-state index in [0.29, 0.717) is 17.2 Å². The highest BCUT2D eigenvalue weighted by Crippen LogP contribution is 2.27. The summed E-state index contributed by atoms with van der Waals surface area (Å²) in [6.07, 6.45) is 0. The molecule has 1 aliphatic rings. The molecular formula is C15H16BrNO4S. The molecule has 1 aliphatic heterocycles. The SMILES string of the molecule is C[C@@H](C(=O)N1CSC[C@H]1C(=O)O)[C@H](Br)C(=O)c1ccccc1. The number of rotatable bonds is 5. The monoisotopic (exact) mass is 385 g/mol. The van der Waals surface area contributed by atoms with Crippen LogP contribution in [0.25, 0.3) is 0 Å². The van der Waals surface area contributed by atoms with Gasteiger partial charge in [0.1, 0.15) is 6.04 Å². The molecule has 2 rings (SSSR count). The maximum absolute atomic E-state index is 12.5. The van der Waals surface area contributed by atoms with E-state index in [1.54, 1.807) is 31.2 Å². The van der Waals surface area contributed by atoms with Crippen LogP contribution in [0.15, 0.2) is 30.3 Å². The maximum Gasteiger partial charge on any atom is 0.327 e. The summed E-state index contributed by atoms with van der Waals surface area (Å²) < 4.78 is 0. The molecule has 3 atom stereocenters. The lowest BCUT2D eigenvalue weighted by molar-refractivity contribution is -0.149. The predicted molar refractivity (Wildman–Crippen MR) is 88.2 cm³/mol. The first-order valence-electron chi connectivity index (χ1n) is 6.78. The lowest BCUT2D eigenvalue weighted by Crippen LogP contribution is -2.46. The summed E-state index contributed by atoms with van der Waals surface area (Å²) in [5, 5.41) is 9.15. The predicted octanol–water partition coefficient (Wildman–Crippen LogP) is 2.25. The van der Waals surface area contributed by atoms with Crippen LogP contribution in [-0.4, -0.2) is 50.2 Å². The standard InChI is InChI=1S/C15H16BrNO4S/c1-9(12(16)13(18)10-5-3-2-4-6-10)14(19)17-8-22-7-11(17)15(20)21/h2-6,9,11-12H,7-8H2,1H3,(H,20,21)/t9-,11+,12+/m1/s1. The summed E-state index contributed by atoms with van der Waals surface area (Å²) in [5.41, 5.74) is 0.523. The van der Waals surface area contributed by atoms with E-state index in [2.05, 4.69) is 15.9 Å². The van der Waals surface area contributed by atoms with Crippen molar-refractivity contribution in [2.45, 2.75) is 17.8 Å². The van der Waals surface area contributed by atoms with Gasteiger partial charge in [-0.05, 0) is 0 Å². The van der Waals surface area contributed by atoms with Gasteiger partial charge in [-0.25, -0.2) is 4.79 Å². The summed E-state index contributed by atoms with van der Waals surface area (Å²) in [6, 6.07) is 7.91. The first kappa shape index (κ1) is 17.0. The van der Waals surface area contributed by atoms with Crippen molar-refractivity contribution in [1.82, 2.24) is 4.90 Å². The van der Waals surface area contributed by atoms with Crippen molar-refractivity contribution in [2.24, 2.45) is 5.92 Å². The molecule has 7 heteroatoms. The van der Waals surface area contributed by atoms with Crippen molar-refractivity contribution >= 4 is 45.4 Å². The Morgan fingerprint density at radius 3 is 2.55 bits per heavy atom. The van der Waals surface area contributed by atoms with E-state index in [-0.39, 0.29) is 11.7 Å². The quantitative estimate of drug-likeness (QED) is 0.621. The molecule has 118 valence electrons. The third-order valence-electron chi connectivity index (χ3n) is 3.59. The topological polar surface area (TPSA) is 74.7 Å². The molecule has 0 aliphatic carbocycles. The molecule has 0 unspecified atom stereocenters. The van der Waals surface area contributed by atoms with Crippen molar-refractivity contribution in [3.05, 3.63) is 35.9 Å². The van der Waals surface area contributed by atoms with Crippen LogP contribution in [0.3, 0.4) is 0 Å². The van der Waals surface area contributed by atoms with E-state index in [1.807, 2.05) is 6.07 Å². The van der Waals surface area contributed by atoms with Gasteiger partial charge in [0.25, 0.3) is 0 Å². The average molecular weight is 386 g/mol. The largest absolute Gasteiger partial charge is 0.480 e. The van der Waals surface area contributed by atoms with Gasteiger partial charge >= 0.3 is 5.97 Å². The van der Waals surface area contributed by atoms with Gasteiger partial charge in [0, 0.05) is 11.3 Å². The Morgan fingerprint density at radius 2 is 1.95 bits per heavy atom. The number of nitrogens with zero attached hydrogens (tertiary/aromatic N) is 1. The molecule has 1 fully saturated rings. The van der Waals surface area contributed by atoms with Crippen LogP contribution >= 0.6 is 27.7 Å². The number of carboxylic acids is 1. The Kier molecular flexibility index (Phi) is 5.63. The molecule has 1 aromatic carbocycles. The van der Waals surface area contributed by atoms with Crippen molar-refractivity contribution in [3.63, 3.8) is 0 Å². The lowest BCUT2D eigenvalue weighted by Gasteiger charge is -2.26. The van der Waals surface area contributed by atoms with Crippen LogP contribution in [0.2, 0.25) is 0 Å². The number of aliphatic carboxylic acids is 1. The van der Waals surface area contributed by atoms with Gasteiger partial charge in [-0.1, -0.05) is 53.2 Å². The van der Waals surface area contributed by atoms with Crippen LogP contribution < -0.4 is 0 Å². The Morgan fingerprint density at radius 1 is 1.32 bits per heavy atom. The van der Waals surface area contributed by atoms with Crippen LogP contribution in [0, 0.1) is 5.92 Å². The third-order valence-corrected chi connectivity index (χ3v) is 5.81. The number of thioether (sulfide) groups is 1. The number of hydrogen-bond acceptors (Lipinski definition) is 4. The molecule has 5 nitrogen and oxygen atoms in total. The van der Waals surface area contributed by atoms with Gasteiger partial charge in [0.2, 0.25) is 5.91 Å². The van der Waals surface area contributed by atoms with Crippen molar-refractivity contribution < 1.29 is 19.5 Å². The fourth-order valence-electron chi connectivity index (χ4n) is 2.24. The molecule has 0 bridgehead atoms. The highest BCUT2D eigenvalue weighted by Gasteiger charge is 2.39. The number of hydrogen-bond donors (Lipinski definition) is 1. The maximum atomic E-state index is 12.5. The molecule has 0 saturated carbocycles. The van der Waals surface area contributed by atoms with E-state index in [4.69, 9.17) is 5.11 Å². The number of amides is 1. The van der Waals surface area contributed by atoms with E-state index in [1.165, 1.54) is 16.7 Å². The molecule has 1 saturated heterocycles. The molecule has 1 amide bonds. The lowest BCUT2D eigenvalue weighted by atomic mass is 9.98. The second-order valence-electron chi connectivity index (χ2n) is 5.08. The smallest absolute Gasteiger partial charge is 0.327 e. The number of halogens is 1. The summed E-state index contributed by atoms with van der Waals surface area (Å²) in [5.74, 6) is -1.41. The second-order valence-corrected chi connectivity index (χ2v) is 7.07. The van der Waals surface area contributed by atoms with E-state index < -0.39 is 22.8 Å². The third kappa shape index (κ3) is 3.52. The Hall–Kier alpha value is -1.34. The molecule has 1 N–H and O–H groups in total. The number of carbonyl (C=O) groups is 3. The molecular weight excluding hydrogens is 370 g/mol. The van der Waals surface area contributed by atoms with Crippen LogP contribution in [0.4, 0.5) is 0 Å². The van der Waals surface area contributed by atoms with Gasteiger partial charge < -0.3 is 10.0 Å². The fraction of sp³-hybridized carbons (Fsp3) is 0.400. The number of carbonyl (C=O) groups excluding carboxylic acids is 2. The number of Topliss-reactive ketones (excluding diaryl/α,β-unsaturated/α-hetero) is 1. The van der Waals surface area contributed by atoms with E-state index in [9.17, 15) is 14.4 Å². The number of benzene rings is 1. The summed E-state index contributed by atoms with van der Waals surface area (Å²) in [7, 11) is 0. The fourth-order valence-corrected chi connectivity index (χ4v) is 3.89. The zero-order valence-corrected chi connectivity index (χ0v) is 14.3. The van der Waals surface area contributed by atoms with Crippen molar-refractivity contribution in [2.75, 3.05) is 11.6 Å². The number of carboxylic acid groups (broad SMARTS) is 1. The van der Waals surface area contributed by atoms with Gasteiger partial charge in [-0.15, -0.1) is 11.8 Å². The Bertz CT molecular complexity index is 580. The zero-order chi connectivity index (χ0) is 16.3. The highest BCUT2D eigenvalue weighted by atomic mass is 79.9. The van der Waals surface area contributed by atoms with Crippen molar-refractivity contribution in [1.29, 1.82) is 0 Å². The van der Waals surface area contributed by atoms with Crippen LogP contribution in [0.1, 0.15) is 17.3 Å². The number of ketones is 1. The summed E-state index contributed by atoms with van der Waals surface area (Å²) in [6.45, 7) is 1.64. The molecule has 22 heavy (non-hydrogen) atoms. The zero-order valence-electron chi connectivity index (χ0n) is 11.9. The van der Waals surface area contributed by atoms with Crippen LogP contribution in [0.5, 0.6) is 0 Å². The summed E-state index contributed by atoms with van der Waals surface area (Å²) in [4.78, 5) is 36.7. The Balaban J connectivity index is 2.10. The second kappa shape index (κ2) is 7.28. The minimum absolute atomic E-state index is 0.180. The molecule has 0 aromatic heterocycles. The van der Waals surface area contributed by atoms with Gasteiger partial charge in [-0.2, -0.15) is 0 Å². The number of alkyl halides is 1. The highest BCUT2D eigenvalue weighted by molar-refractivity contribution is 9.10. The molecule has 0 radical (unpaired) electrons. The van der Waals surface area contributed by atoms with E-state index in [0.717, 1.165) is 0 Å². The molecule has 0 spiro atoms. The van der Waals surface area contributed by atoms with Crippen LogP contribution in [-0.2, 0) is 9.59 Å². The van der Waals surface area contributed by atoms with Gasteiger partial charge in [0.05, 0.1) is 16.6 Å². The van der Waals surface area contributed by atoms with E-state index >= 15 is 0 Å². The Labute approximate surface area is 141 Å². The summed E-state index contributed by atoms with van der Waals surface area (Å²) >= 11 is 4.70. The average Bonchev–Trinajstić information content (AvgIpc) is 3.02. The normalized spacial score (nSPS) is 20.5.